The first kappa shape index (κ1) is 17.7. The van der Waals surface area contributed by atoms with Crippen LogP contribution in [0.25, 0.3) is 17.2 Å². The lowest BCUT2D eigenvalue weighted by molar-refractivity contribution is -0.141. The van der Waals surface area contributed by atoms with Crippen molar-refractivity contribution in [3.05, 3.63) is 36.5 Å². The van der Waals surface area contributed by atoms with E-state index in [0.717, 1.165) is 31.8 Å². The Hall–Kier alpha value is -2.75. The average Bonchev–Trinajstić information content (AvgIpc) is 2.95. The van der Waals surface area contributed by atoms with Gasteiger partial charge in [0.05, 0.1) is 18.5 Å². The van der Waals surface area contributed by atoms with Gasteiger partial charge in [0, 0.05) is 25.5 Å². The first-order valence-corrected chi connectivity index (χ1v) is 8.58. The van der Waals surface area contributed by atoms with E-state index >= 15 is 0 Å². The van der Waals surface area contributed by atoms with Crippen LogP contribution in [-0.4, -0.2) is 48.6 Å². The fourth-order valence-electron chi connectivity index (χ4n) is 3.16. The van der Waals surface area contributed by atoms with Crippen molar-refractivity contribution in [2.45, 2.75) is 31.5 Å². The maximum atomic E-state index is 13.0. The molecule has 0 bridgehead atoms. The Morgan fingerprint density at radius 2 is 1.93 bits per heavy atom. The summed E-state index contributed by atoms with van der Waals surface area (Å²) in [6, 6.07) is 1.76. The average molecular weight is 378 g/mol. The maximum Gasteiger partial charge on any atom is 0.434 e. The van der Waals surface area contributed by atoms with Crippen LogP contribution >= 0.6 is 0 Å². The van der Waals surface area contributed by atoms with E-state index in [0.29, 0.717) is 24.5 Å². The summed E-state index contributed by atoms with van der Waals surface area (Å²) in [4.78, 5) is 18.3. The van der Waals surface area contributed by atoms with Gasteiger partial charge in [-0.1, -0.05) is 0 Å². The molecular formula is C17H17F3N6O. The van der Waals surface area contributed by atoms with E-state index in [4.69, 9.17) is 0 Å². The first-order chi connectivity index (χ1) is 12.9. The number of alkyl halides is 3. The van der Waals surface area contributed by atoms with E-state index in [-0.39, 0.29) is 17.6 Å². The van der Waals surface area contributed by atoms with Crippen molar-refractivity contribution >= 4 is 11.5 Å². The molecule has 1 N–H and O–H groups in total. The molecule has 142 valence electrons. The van der Waals surface area contributed by atoms with Crippen LogP contribution in [0, 0.1) is 0 Å². The van der Waals surface area contributed by atoms with E-state index in [2.05, 4.69) is 19.9 Å². The molecule has 0 aliphatic carbocycles. The van der Waals surface area contributed by atoms with Gasteiger partial charge in [0.2, 0.25) is 0 Å². The number of aromatic nitrogens is 5. The smallest absolute Gasteiger partial charge is 0.393 e. The van der Waals surface area contributed by atoms with Gasteiger partial charge < -0.3 is 10.0 Å². The molecule has 10 heteroatoms. The van der Waals surface area contributed by atoms with E-state index in [1.807, 2.05) is 4.90 Å². The largest absolute Gasteiger partial charge is 0.434 e. The van der Waals surface area contributed by atoms with E-state index in [1.165, 1.54) is 10.6 Å². The van der Waals surface area contributed by atoms with E-state index < -0.39 is 11.9 Å². The highest BCUT2D eigenvalue weighted by molar-refractivity contribution is 5.58. The Labute approximate surface area is 152 Å². The van der Waals surface area contributed by atoms with Gasteiger partial charge in [-0.2, -0.15) is 13.2 Å². The Bertz CT molecular complexity index is 957. The van der Waals surface area contributed by atoms with Crippen LogP contribution in [0.2, 0.25) is 0 Å². The summed E-state index contributed by atoms with van der Waals surface area (Å²) in [5.74, 6) is 0.957. The molecule has 0 aromatic carbocycles. The number of fused-ring (bicyclic) bond motifs is 1. The summed E-state index contributed by atoms with van der Waals surface area (Å²) in [5.41, 5.74) is -0.369. The zero-order valence-electron chi connectivity index (χ0n) is 14.3. The molecule has 4 heterocycles. The zero-order chi connectivity index (χ0) is 19.0. The lowest BCUT2D eigenvalue weighted by Crippen LogP contribution is -2.25. The molecule has 0 radical (unpaired) electrons. The number of aliphatic hydroxyl groups is 1. The molecule has 0 amide bonds. The highest BCUT2D eigenvalue weighted by Crippen LogP contribution is 2.29. The predicted octanol–water partition coefficient (Wildman–Crippen LogP) is 2.56. The molecule has 1 saturated heterocycles. The fraction of sp³-hybridized carbons (Fsp3) is 0.412. The third-order valence-electron chi connectivity index (χ3n) is 4.58. The fourth-order valence-corrected chi connectivity index (χ4v) is 3.16. The molecule has 0 spiro atoms. The summed E-state index contributed by atoms with van der Waals surface area (Å²) in [5, 5.41) is 9.80. The number of rotatable bonds is 2. The summed E-state index contributed by atoms with van der Waals surface area (Å²) in [6.07, 6.45) is 2.35. The van der Waals surface area contributed by atoms with Crippen molar-refractivity contribution in [3.63, 3.8) is 0 Å². The van der Waals surface area contributed by atoms with Gasteiger partial charge >= 0.3 is 6.18 Å². The number of halogens is 3. The monoisotopic (exact) mass is 378 g/mol. The van der Waals surface area contributed by atoms with Crippen molar-refractivity contribution in [2.75, 3.05) is 18.0 Å². The minimum atomic E-state index is -4.55. The Morgan fingerprint density at radius 3 is 2.74 bits per heavy atom. The van der Waals surface area contributed by atoms with Crippen molar-refractivity contribution < 1.29 is 18.3 Å². The SMILES string of the molecule is OC1CCCN(c2ccnc(-c3cnc4cnc(C(F)(F)F)cn34)n2)CC1. The Kier molecular flexibility index (Phi) is 4.42. The molecule has 3 aromatic heterocycles. The van der Waals surface area contributed by atoms with Crippen molar-refractivity contribution in [1.82, 2.24) is 24.3 Å². The third-order valence-corrected chi connectivity index (χ3v) is 4.58. The van der Waals surface area contributed by atoms with Gasteiger partial charge in [-0.25, -0.2) is 19.9 Å². The highest BCUT2D eigenvalue weighted by atomic mass is 19.4. The van der Waals surface area contributed by atoms with Crippen LogP contribution in [0.4, 0.5) is 19.0 Å². The molecule has 1 aliphatic rings. The van der Waals surface area contributed by atoms with Crippen molar-refractivity contribution in [2.24, 2.45) is 0 Å². The van der Waals surface area contributed by atoms with Crippen LogP contribution in [0.15, 0.2) is 30.9 Å². The summed E-state index contributed by atoms with van der Waals surface area (Å²) >= 11 is 0. The molecule has 3 aromatic rings. The first-order valence-electron chi connectivity index (χ1n) is 8.58. The Morgan fingerprint density at radius 1 is 1.07 bits per heavy atom. The quantitative estimate of drug-likeness (QED) is 0.738. The van der Waals surface area contributed by atoms with E-state index in [1.54, 1.807) is 12.3 Å². The number of hydrogen-bond acceptors (Lipinski definition) is 6. The van der Waals surface area contributed by atoms with Gasteiger partial charge in [0.25, 0.3) is 0 Å². The zero-order valence-corrected chi connectivity index (χ0v) is 14.3. The topological polar surface area (TPSA) is 79.4 Å². The van der Waals surface area contributed by atoms with Gasteiger partial charge in [0.15, 0.2) is 17.2 Å². The summed E-state index contributed by atoms with van der Waals surface area (Å²) in [7, 11) is 0. The normalized spacial score (nSPS) is 18.7. The maximum absolute atomic E-state index is 13.0. The molecular weight excluding hydrogens is 361 g/mol. The van der Waals surface area contributed by atoms with Gasteiger partial charge in [-0.05, 0) is 25.3 Å². The summed E-state index contributed by atoms with van der Waals surface area (Å²) < 4.78 is 40.2. The predicted molar refractivity (Wildman–Crippen MR) is 91.1 cm³/mol. The lowest BCUT2D eigenvalue weighted by atomic mass is 10.2. The second-order valence-electron chi connectivity index (χ2n) is 6.45. The number of anilines is 1. The van der Waals surface area contributed by atoms with Crippen LogP contribution in [0.5, 0.6) is 0 Å². The number of hydrogen-bond donors (Lipinski definition) is 1. The van der Waals surface area contributed by atoms with Gasteiger partial charge in [0.1, 0.15) is 11.5 Å². The molecule has 1 fully saturated rings. The van der Waals surface area contributed by atoms with Crippen molar-refractivity contribution in [3.8, 4) is 11.5 Å². The highest BCUT2D eigenvalue weighted by Gasteiger charge is 2.33. The van der Waals surface area contributed by atoms with Crippen LogP contribution in [-0.2, 0) is 6.18 Å². The third kappa shape index (κ3) is 3.57. The van der Waals surface area contributed by atoms with Crippen LogP contribution < -0.4 is 4.90 Å². The van der Waals surface area contributed by atoms with Crippen molar-refractivity contribution in [1.29, 1.82) is 0 Å². The Balaban J connectivity index is 1.71. The number of imidazole rings is 1. The summed E-state index contributed by atoms with van der Waals surface area (Å²) in [6.45, 7) is 1.41. The molecule has 27 heavy (non-hydrogen) atoms. The molecule has 1 aliphatic heterocycles. The molecule has 0 saturated carbocycles. The van der Waals surface area contributed by atoms with Crippen LogP contribution in [0.3, 0.4) is 0 Å². The van der Waals surface area contributed by atoms with Gasteiger partial charge in [-0.15, -0.1) is 0 Å². The lowest BCUT2D eigenvalue weighted by Gasteiger charge is -2.21. The second-order valence-corrected chi connectivity index (χ2v) is 6.45. The van der Waals surface area contributed by atoms with E-state index in [9.17, 15) is 18.3 Å². The molecule has 1 unspecified atom stereocenters. The minimum Gasteiger partial charge on any atom is -0.393 e. The molecule has 1 atom stereocenters. The molecule has 7 nitrogen and oxygen atoms in total. The number of aliphatic hydroxyl groups excluding tert-OH is 1. The second kappa shape index (κ2) is 6.76. The van der Waals surface area contributed by atoms with Crippen LogP contribution in [0.1, 0.15) is 25.0 Å². The molecule has 4 rings (SSSR count). The number of nitrogens with zero attached hydrogens (tertiary/aromatic N) is 6. The minimum absolute atomic E-state index is 0.282. The van der Waals surface area contributed by atoms with Gasteiger partial charge in [-0.3, -0.25) is 4.40 Å². The standard InChI is InChI=1S/C17H17F3N6O/c18-17(19,20)13-10-26-12(8-23-15(26)9-22-13)16-21-5-3-14(24-16)25-6-1-2-11(27)4-7-25/h3,5,8-11,27H,1-2,4,6-7H2.